The Labute approximate surface area is 122 Å². The van der Waals surface area contributed by atoms with E-state index in [9.17, 15) is 9.00 Å². The van der Waals surface area contributed by atoms with Gasteiger partial charge < -0.3 is 15.1 Å². The predicted octanol–water partition coefficient (Wildman–Crippen LogP) is 2.16. The number of urea groups is 1. The van der Waals surface area contributed by atoms with Gasteiger partial charge in [-0.15, -0.1) is 0 Å². The first kappa shape index (κ1) is 15.1. The van der Waals surface area contributed by atoms with Gasteiger partial charge >= 0.3 is 6.03 Å². The van der Waals surface area contributed by atoms with Gasteiger partial charge in [0, 0.05) is 27.8 Å². The molecule has 2 N–H and O–H groups in total. The zero-order valence-corrected chi connectivity index (χ0v) is 12.6. The topological polar surface area (TPSA) is 71.3 Å². The van der Waals surface area contributed by atoms with Gasteiger partial charge in [0.15, 0.2) is 0 Å². The quantitative estimate of drug-likeness (QED) is 0.875. The summed E-state index contributed by atoms with van der Waals surface area (Å²) in [6.45, 7) is 2.33. The molecule has 1 saturated carbocycles. The molecular weight excluding hydrogens is 276 g/mol. The molecule has 0 aromatic carbocycles. The van der Waals surface area contributed by atoms with Crippen LogP contribution in [0.2, 0.25) is 0 Å². The Bertz CT molecular complexity index is 447. The number of carbonyl (C=O) groups is 1. The van der Waals surface area contributed by atoms with Crippen LogP contribution < -0.4 is 10.6 Å². The third kappa shape index (κ3) is 4.37. The lowest BCUT2D eigenvalue weighted by Gasteiger charge is -2.29. The van der Waals surface area contributed by atoms with Gasteiger partial charge in [-0.1, -0.05) is 13.3 Å². The second kappa shape index (κ2) is 7.47. The van der Waals surface area contributed by atoms with Crippen LogP contribution >= 0.6 is 0 Å². The highest BCUT2D eigenvalue weighted by Gasteiger charge is 2.26. The normalized spacial score (nSPS) is 24.1. The molecule has 1 aromatic rings. The summed E-state index contributed by atoms with van der Waals surface area (Å²) in [6, 6.07) is 3.55. The van der Waals surface area contributed by atoms with Gasteiger partial charge in [-0.2, -0.15) is 0 Å². The average Bonchev–Trinajstić information content (AvgIpc) is 2.98. The molecule has 3 atom stereocenters. The van der Waals surface area contributed by atoms with Crippen LogP contribution in [0.3, 0.4) is 0 Å². The second-order valence-corrected chi connectivity index (χ2v) is 7.07. The van der Waals surface area contributed by atoms with Crippen LogP contribution in [0.1, 0.15) is 38.4 Å². The zero-order chi connectivity index (χ0) is 14.4. The lowest BCUT2D eigenvalue weighted by Crippen LogP contribution is -2.45. The SMILES string of the molecule is CC[S@@](=O)[C@H]1CCC[C@H](NC(=O)NCc2ccco2)C1. The number of amides is 2. The van der Waals surface area contributed by atoms with Crippen LogP contribution in [0.4, 0.5) is 4.79 Å². The highest BCUT2D eigenvalue weighted by Crippen LogP contribution is 2.22. The number of furan rings is 1. The number of rotatable bonds is 5. The minimum atomic E-state index is -0.764. The third-order valence-corrected chi connectivity index (χ3v) is 5.36. The highest BCUT2D eigenvalue weighted by atomic mass is 32.2. The van der Waals surface area contributed by atoms with Crippen molar-refractivity contribution in [3.63, 3.8) is 0 Å². The molecule has 1 aliphatic rings. The van der Waals surface area contributed by atoms with Crippen molar-refractivity contribution in [3.05, 3.63) is 24.2 Å². The maximum atomic E-state index is 11.8. The average molecular weight is 298 g/mol. The van der Waals surface area contributed by atoms with Gasteiger partial charge in [0.1, 0.15) is 5.76 Å². The predicted molar refractivity (Wildman–Crippen MR) is 78.8 cm³/mol. The number of hydrogen-bond acceptors (Lipinski definition) is 3. The molecule has 0 bridgehead atoms. The second-order valence-electron chi connectivity index (χ2n) is 5.06. The molecule has 1 heterocycles. The summed E-state index contributed by atoms with van der Waals surface area (Å²) in [7, 11) is -0.764. The fraction of sp³-hybridized carbons (Fsp3) is 0.643. The summed E-state index contributed by atoms with van der Waals surface area (Å²) < 4.78 is 17.0. The van der Waals surface area contributed by atoms with Crippen molar-refractivity contribution in [1.82, 2.24) is 10.6 Å². The van der Waals surface area contributed by atoms with E-state index in [1.165, 1.54) is 0 Å². The minimum Gasteiger partial charge on any atom is -0.467 e. The molecule has 2 rings (SSSR count). The van der Waals surface area contributed by atoms with Gasteiger partial charge in [-0.25, -0.2) is 4.79 Å². The highest BCUT2D eigenvalue weighted by molar-refractivity contribution is 7.85. The Balaban J connectivity index is 1.74. The number of nitrogens with one attached hydrogen (secondary N) is 2. The van der Waals surface area contributed by atoms with Crippen molar-refractivity contribution >= 4 is 16.8 Å². The maximum Gasteiger partial charge on any atom is 0.315 e. The summed E-state index contributed by atoms with van der Waals surface area (Å²) in [6.07, 6.45) is 5.40. The first-order valence-electron chi connectivity index (χ1n) is 7.13. The van der Waals surface area contributed by atoms with Crippen molar-refractivity contribution in [2.24, 2.45) is 0 Å². The number of carbonyl (C=O) groups excluding carboxylic acids is 1. The monoisotopic (exact) mass is 298 g/mol. The van der Waals surface area contributed by atoms with Crippen molar-refractivity contribution in [2.45, 2.75) is 50.4 Å². The van der Waals surface area contributed by atoms with Crippen molar-refractivity contribution in [1.29, 1.82) is 0 Å². The lowest BCUT2D eigenvalue weighted by atomic mass is 9.95. The zero-order valence-electron chi connectivity index (χ0n) is 11.8. The van der Waals surface area contributed by atoms with Gasteiger partial charge in [-0.05, 0) is 31.4 Å². The van der Waals surface area contributed by atoms with E-state index in [1.54, 1.807) is 12.3 Å². The smallest absolute Gasteiger partial charge is 0.315 e. The van der Waals surface area contributed by atoms with Crippen LogP contribution in [0.25, 0.3) is 0 Å². The Morgan fingerprint density at radius 1 is 1.50 bits per heavy atom. The molecule has 1 aromatic heterocycles. The van der Waals surface area contributed by atoms with Crippen LogP contribution in [-0.4, -0.2) is 27.3 Å². The standard InChI is InChI=1S/C14H22N2O3S/c1-2-20(18)13-7-3-5-11(9-13)16-14(17)15-10-12-6-4-8-19-12/h4,6,8,11,13H,2-3,5,7,9-10H2,1H3,(H2,15,16,17)/t11-,13-,20+/m0/s1. The molecule has 0 aliphatic heterocycles. The van der Waals surface area contributed by atoms with E-state index >= 15 is 0 Å². The van der Waals surface area contributed by atoms with E-state index in [2.05, 4.69) is 10.6 Å². The maximum absolute atomic E-state index is 11.8. The van der Waals surface area contributed by atoms with Crippen LogP contribution in [0.5, 0.6) is 0 Å². The van der Waals surface area contributed by atoms with Crippen molar-refractivity contribution in [3.8, 4) is 0 Å². The molecular formula is C14H22N2O3S. The van der Waals surface area contributed by atoms with Crippen molar-refractivity contribution < 1.29 is 13.4 Å². The largest absolute Gasteiger partial charge is 0.467 e. The summed E-state index contributed by atoms with van der Waals surface area (Å²) in [5.41, 5.74) is 0. The molecule has 20 heavy (non-hydrogen) atoms. The van der Waals surface area contributed by atoms with E-state index in [1.807, 2.05) is 13.0 Å². The molecule has 1 fully saturated rings. The lowest BCUT2D eigenvalue weighted by molar-refractivity contribution is 0.231. The van der Waals surface area contributed by atoms with Crippen LogP contribution in [0.15, 0.2) is 22.8 Å². The van der Waals surface area contributed by atoms with E-state index in [0.717, 1.165) is 31.4 Å². The Kier molecular flexibility index (Phi) is 5.64. The molecule has 112 valence electrons. The fourth-order valence-electron chi connectivity index (χ4n) is 2.57. The molecule has 6 heteroatoms. The first-order chi connectivity index (χ1) is 9.69. The van der Waals surface area contributed by atoms with Crippen molar-refractivity contribution in [2.75, 3.05) is 5.75 Å². The molecule has 0 saturated heterocycles. The Hall–Kier alpha value is -1.30. The Morgan fingerprint density at radius 3 is 3.05 bits per heavy atom. The molecule has 5 nitrogen and oxygen atoms in total. The van der Waals surface area contributed by atoms with E-state index in [4.69, 9.17) is 4.42 Å². The molecule has 0 unspecified atom stereocenters. The van der Waals surface area contributed by atoms with Gasteiger partial charge in [0.2, 0.25) is 0 Å². The van der Waals surface area contributed by atoms with E-state index < -0.39 is 10.8 Å². The van der Waals surface area contributed by atoms with Gasteiger partial charge in [0.25, 0.3) is 0 Å². The molecule has 0 spiro atoms. The summed E-state index contributed by atoms with van der Waals surface area (Å²) in [4.78, 5) is 11.8. The molecule has 0 radical (unpaired) electrons. The van der Waals surface area contributed by atoms with Gasteiger partial charge in [0.05, 0.1) is 12.8 Å². The summed E-state index contributed by atoms with van der Waals surface area (Å²) in [5, 5.41) is 5.96. The first-order valence-corrected chi connectivity index (χ1v) is 8.51. The molecule has 2 amide bonds. The minimum absolute atomic E-state index is 0.126. The van der Waals surface area contributed by atoms with Crippen LogP contribution in [0, 0.1) is 0 Å². The van der Waals surface area contributed by atoms with E-state index in [0.29, 0.717) is 12.3 Å². The third-order valence-electron chi connectivity index (χ3n) is 3.62. The van der Waals surface area contributed by atoms with E-state index in [-0.39, 0.29) is 17.3 Å². The molecule has 1 aliphatic carbocycles. The summed E-state index contributed by atoms with van der Waals surface area (Å²) >= 11 is 0. The fourth-order valence-corrected chi connectivity index (χ4v) is 3.92. The summed E-state index contributed by atoms with van der Waals surface area (Å²) in [5.74, 6) is 1.43. The van der Waals surface area contributed by atoms with Crippen LogP contribution in [-0.2, 0) is 17.3 Å². The van der Waals surface area contributed by atoms with Gasteiger partial charge in [-0.3, -0.25) is 4.21 Å². The Morgan fingerprint density at radius 2 is 2.35 bits per heavy atom. The number of hydrogen-bond donors (Lipinski definition) is 2.